The van der Waals surface area contributed by atoms with E-state index in [1.54, 1.807) is 26.1 Å². The van der Waals surface area contributed by atoms with Gasteiger partial charge in [0, 0.05) is 23.8 Å². The van der Waals surface area contributed by atoms with Gasteiger partial charge in [0.1, 0.15) is 23.1 Å². The first-order valence-electron chi connectivity index (χ1n) is 9.98. The molecule has 0 radical (unpaired) electrons. The van der Waals surface area contributed by atoms with Gasteiger partial charge in [-0.25, -0.2) is 23.1 Å². The van der Waals surface area contributed by atoms with Crippen molar-refractivity contribution in [2.24, 2.45) is 0 Å². The van der Waals surface area contributed by atoms with Gasteiger partial charge in [-0.1, -0.05) is 0 Å². The maximum atomic E-state index is 14.4. The Kier molecular flexibility index (Phi) is 5.75. The number of halogens is 3. The number of aromatic nitrogens is 3. The zero-order valence-electron chi connectivity index (χ0n) is 17.4. The van der Waals surface area contributed by atoms with Crippen LogP contribution in [0, 0.1) is 11.6 Å². The SMILES string of the molecule is CC(C)(C)N(I)C(=O)Nc1cnn2ccc(N3CCCC3c3cc(F)ccc3F)nc12. The van der Waals surface area contributed by atoms with Crippen LogP contribution in [-0.2, 0) is 0 Å². The first-order chi connectivity index (χ1) is 14.6. The molecule has 1 aromatic carbocycles. The molecule has 2 amide bonds. The average molecular weight is 540 g/mol. The number of fused-ring (bicyclic) bond motifs is 1. The quantitative estimate of drug-likeness (QED) is 0.361. The van der Waals surface area contributed by atoms with Gasteiger partial charge in [0.05, 0.1) is 35.1 Å². The largest absolute Gasteiger partial charge is 0.349 e. The summed E-state index contributed by atoms with van der Waals surface area (Å²) in [7, 11) is 0. The molecule has 1 saturated heterocycles. The fourth-order valence-electron chi connectivity index (χ4n) is 3.71. The number of hydrogen-bond donors (Lipinski definition) is 1. The molecule has 1 aliphatic rings. The molecule has 1 aliphatic heterocycles. The van der Waals surface area contributed by atoms with Gasteiger partial charge >= 0.3 is 6.03 Å². The van der Waals surface area contributed by atoms with E-state index in [-0.39, 0.29) is 17.6 Å². The fourth-order valence-corrected chi connectivity index (χ4v) is 3.83. The van der Waals surface area contributed by atoms with Gasteiger partial charge < -0.3 is 10.2 Å². The van der Waals surface area contributed by atoms with E-state index in [0.29, 0.717) is 35.7 Å². The summed E-state index contributed by atoms with van der Waals surface area (Å²) in [5.41, 5.74) is 0.927. The Labute approximate surface area is 192 Å². The van der Waals surface area contributed by atoms with E-state index in [0.717, 1.165) is 18.6 Å². The zero-order valence-corrected chi connectivity index (χ0v) is 19.6. The smallest absolute Gasteiger partial charge is 0.331 e. The molecule has 1 N–H and O–H groups in total. The maximum Gasteiger partial charge on any atom is 0.331 e. The number of nitrogens with one attached hydrogen (secondary N) is 1. The first-order valence-corrected chi connectivity index (χ1v) is 10.9. The Morgan fingerprint density at radius 1 is 1.29 bits per heavy atom. The summed E-state index contributed by atoms with van der Waals surface area (Å²) >= 11 is 1.97. The summed E-state index contributed by atoms with van der Waals surface area (Å²) in [6.07, 6.45) is 4.83. The van der Waals surface area contributed by atoms with Crippen molar-refractivity contribution in [2.75, 3.05) is 16.8 Å². The second kappa shape index (κ2) is 8.21. The highest BCUT2D eigenvalue weighted by Gasteiger charge is 2.30. The Hall–Kier alpha value is -2.50. The number of urea groups is 1. The number of anilines is 2. The minimum absolute atomic E-state index is 0.281. The van der Waals surface area contributed by atoms with Crippen LogP contribution in [0.2, 0.25) is 0 Å². The molecular formula is C21H23F2IN6O. The lowest BCUT2D eigenvalue weighted by atomic mass is 10.0. The van der Waals surface area contributed by atoms with Crippen LogP contribution in [0.4, 0.5) is 25.1 Å². The number of hydrogen-bond acceptors (Lipinski definition) is 4. The van der Waals surface area contributed by atoms with Crippen molar-refractivity contribution >= 4 is 46.0 Å². The van der Waals surface area contributed by atoms with E-state index in [1.165, 1.54) is 6.07 Å². The second-order valence-corrected chi connectivity index (χ2v) is 9.48. The second-order valence-electron chi connectivity index (χ2n) is 8.51. The highest BCUT2D eigenvalue weighted by molar-refractivity contribution is 14.1. The number of rotatable bonds is 3. The molecular weight excluding hydrogens is 517 g/mol. The predicted molar refractivity (Wildman–Crippen MR) is 123 cm³/mol. The van der Waals surface area contributed by atoms with Crippen LogP contribution in [0.25, 0.3) is 5.65 Å². The van der Waals surface area contributed by atoms with Crippen molar-refractivity contribution in [3.05, 3.63) is 53.9 Å². The van der Waals surface area contributed by atoms with Crippen molar-refractivity contribution < 1.29 is 13.6 Å². The van der Waals surface area contributed by atoms with E-state index in [2.05, 4.69) is 10.4 Å². The van der Waals surface area contributed by atoms with Crippen molar-refractivity contribution in [2.45, 2.75) is 45.2 Å². The van der Waals surface area contributed by atoms with Gasteiger partial charge in [-0.05, 0) is 57.9 Å². The number of benzene rings is 1. The third-order valence-corrected chi connectivity index (χ3v) is 7.11. The third kappa shape index (κ3) is 4.30. The van der Waals surface area contributed by atoms with E-state index < -0.39 is 11.6 Å². The van der Waals surface area contributed by atoms with Crippen LogP contribution in [0.1, 0.15) is 45.2 Å². The van der Waals surface area contributed by atoms with E-state index in [1.807, 2.05) is 48.5 Å². The van der Waals surface area contributed by atoms with Gasteiger partial charge in [-0.2, -0.15) is 5.10 Å². The van der Waals surface area contributed by atoms with Crippen LogP contribution >= 0.6 is 22.9 Å². The number of nitrogens with zero attached hydrogens (tertiary/aromatic N) is 5. The normalized spacial score (nSPS) is 16.7. The lowest BCUT2D eigenvalue weighted by molar-refractivity contribution is 0.222. The summed E-state index contributed by atoms with van der Waals surface area (Å²) < 4.78 is 31.3. The molecule has 3 heterocycles. The minimum atomic E-state index is -0.463. The maximum absolute atomic E-state index is 14.4. The molecule has 0 spiro atoms. The van der Waals surface area contributed by atoms with Gasteiger partial charge in [0.15, 0.2) is 5.65 Å². The molecule has 3 aromatic rings. The summed E-state index contributed by atoms with van der Waals surface area (Å²) in [6.45, 7) is 6.48. The van der Waals surface area contributed by atoms with Crippen molar-refractivity contribution in [3.63, 3.8) is 0 Å². The van der Waals surface area contributed by atoms with E-state index in [9.17, 15) is 13.6 Å². The summed E-state index contributed by atoms with van der Waals surface area (Å²) in [6, 6.07) is 4.74. The van der Waals surface area contributed by atoms with Crippen LogP contribution in [-0.4, -0.2) is 35.8 Å². The lowest BCUT2D eigenvalue weighted by Crippen LogP contribution is -2.40. The third-order valence-electron chi connectivity index (χ3n) is 5.23. The highest BCUT2D eigenvalue weighted by Crippen LogP contribution is 2.37. The van der Waals surface area contributed by atoms with Crippen LogP contribution in [0.15, 0.2) is 36.7 Å². The molecule has 164 valence electrons. The van der Waals surface area contributed by atoms with Crippen LogP contribution < -0.4 is 10.2 Å². The summed E-state index contributed by atoms with van der Waals surface area (Å²) in [4.78, 5) is 19.3. The molecule has 4 rings (SSSR count). The van der Waals surface area contributed by atoms with Gasteiger partial charge in [-0.15, -0.1) is 0 Å². The van der Waals surface area contributed by atoms with Crippen molar-refractivity contribution in [1.82, 2.24) is 17.7 Å². The number of amides is 2. The van der Waals surface area contributed by atoms with Crippen LogP contribution in [0.3, 0.4) is 0 Å². The van der Waals surface area contributed by atoms with E-state index >= 15 is 0 Å². The van der Waals surface area contributed by atoms with Crippen molar-refractivity contribution in [1.29, 1.82) is 0 Å². The fraction of sp³-hybridized carbons (Fsp3) is 0.381. The van der Waals surface area contributed by atoms with Gasteiger partial charge in [-0.3, -0.25) is 3.11 Å². The molecule has 2 aromatic heterocycles. The Balaban J connectivity index is 1.65. The Bertz CT molecular complexity index is 1130. The van der Waals surface area contributed by atoms with Crippen molar-refractivity contribution in [3.8, 4) is 0 Å². The summed E-state index contributed by atoms with van der Waals surface area (Å²) in [5.74, 6) is -0.271. The standard InChI is InChI=1S/C21H23F2IN6O/c1-21(2,3)30(24)20(31)26-16-12-25-29-10-8-18(27-19(16)29)28-9-4-5-17(28)14-11-13(22)6-7-15(14)23/h6-8,10-12,17H,4-5,9H2,1-3H3,(H,26,31). The molecule has 0 aliphatic carbocycles. The molecule has 0 bridgehead atoms. The minimum Gasteiger partial charge on any atom is -0.349 e. The molecule has 31 heavy (non-hydrogen) atoms. The van der Waals surface area contributed by atoms with Crippen LogP contribution in [0.5, 0.6) is 0 Å². The average Bonchev–Trinajstić information content (AvgIpc) is 3.35. The summed E-state index contributed by atoms with van der Waals surface area (Å²) in [5, 5.41) is 7.11. The molecule has 1 fully saturated rings. The lowest BCUT2D eigenvalue weighted by Gasteiger charge is -2.29. The van der Waals surface area contributed by atoms with E-state index in [4.69, 9.17) is 4.98 Å². The highest BCUT2D eigenvalue weighted by atomic mass is 127. The molecule has 10 heteroatoms. The molecule has 1 unspecified atom stereocenters. The van der Waals surface area contributed by atoms with Gasteiger partial charge in [0.2, 0.25) is 0 Å². The monoisotopic (exact) mass is 540 g/mol. The predicted octanol–water partition coefficient (Wildman–Crippen LogP) is 5.33. The molecule has 1 atom stereocenters. The molecule has 7 nitrogen and oxygen atoms in total. The topological polar surface area (TPSA) is 65.8 Å². The number of carbonyl (C=O) groups excluding carboxylic acids is 1. The molecule has 0 saturated carbocycles. The zero-order chi connectivity index (χ0) is 22.3. The Morgan fingerprint density at radius 2 is 2.06 bits per heavy atom. The first kappa shape index (κ1) is 21.7. The van der Waals surface area contributed by atoms with Gasteiger partial charge in [0.25, 0.3) is 0 Å². The Morgan fingerprint density at radius 3 is 2.81 bits per heavy atom. The number of carbonyl (C=O) groups is 1.